The summed E-state index contributed by atoms with van der Waals surface area (Å²) in [6.45, 7) is 8.78. The monoisotopic (exact) mass is 298 g/mol. The smallest absolute Gasteiger partial charge is 0.461 e. The standard InChI is InChI=1S/C14H23BO6/c1-6-7-8-15-20-11(13(16)18-9(2)3)12(21-15)14(17)19-10(4)5/h6-7,9-12H,8H2,1-5H3/b7-6+/t11-,12-/m1/s1. The minimum absolute atomic E-state index is 0.294. The van der Waals surface area contributed by atoms with Crippen LogP contribution in [0.25, 0.3) is 0 Å². The van der Waals surface area contributed by atoms with E-state index in [4.69, 9.17) is 18.8 Å². The highest BCUT2D eigenvalue weighted by atomic mass is 16.7. The summed E-state index contributed by atoms with van der Waals surface area (Å²) in [7, 11) is -0.657. The molecule has 2 atom stereocenters. The highest BCUT2D eigenvalue weighted by Crippen LogP contribution is 2.23. The van der Waals surface area contributed by atoms with E-state index in [1.165, 1.54) is 0 Å². The molecule has 0 unspecified atom stereocenters. The van der Waals surface area contributed by atoms with Crippen LogP contribution in [0, 0.1) is 0 Å². The number of hydrogen-bond acceptors (Lipinski definition) is 6. The average molecular weight is 298 g/mol. The molecule has 6 nitrogen and oxygen atoms in total. The Balaban J connectivity index is 2.78. The summed E-state index contributed by atoms with van der Waals surface area (Å²) in [6.07, 6.45) is 1.37. The van der Waals surface area contributed by atoms with Gasteiger partial charge < -0.3 is 18.8 Å². The van der Waals surface area contributed by atoms with Gasteiger partial charge in [0.15, 0.2) is 12.2 Å². The van der Waals surface area contributed by atoms with Crippen LogP contribution in [0.2, 0.25) is 6.32 Å². The van der Waals surface area contributed by atoms with Crippen molar-refractivity contribution in [3.63, 3.8) is 0 Å². The number of allylic oxidation sites excluding steroid dienone is 2. The van der Waals surface area contributed by atoms with E-state index in [9.17, 15) is 9.59 Å². The zero-order chi connectivity index (χ0) is 16.0. The van der Waals surface area contributed by atoms with Gasteiger partial charge in [0.05, 0.1) is 12.2 Å². The molecule has 1 rings (SSSR count). The average Bonchev–Trinajstić information content (AvgIpc) is 2.79. The SMILES string of the molecule is C/C=C/CB1O[C@@H](C(=O)OC(C)C)[C@H](C(=O)OC(C)C)O1. The fraction of sp³-hybridized carbons (Fsp3) is 0.714. The lowest BCUT2D eigenvalue weighted by molar-refractivity contribution is -0.167. The van der Waals surface area contributed by atoms with E-state index in [1.807, 2.05) is 19.1 Å². The van der Waals surface area contributed by atoms with Gasteiger partial charge in [-0.05, 0) is 34.6 Å². The Kier molecular flexibility index (Phi) is 6.91. The summed E-state index contributed by atoms with van der Waals surface area (Å²) >= 11 is 0. The molecule has 0 spiro atoms. The van der Waals surface area contributed by atoms with E-state index in [-0.39, 0.29) is 12.2 Å². The number of carbonyl (C=O) groups excluding carboxylic acids is 2. The Morgan fingerprint density at radius 1 is 1.05 bits per heavy atom. The topological polar surface area (TPSA) is 71.1 Å². The fourth-order valence-corrected chi connectivity index (χ4v) is 1.82. The number of esters is 2. The molecule has 21 heavy (non-hydrogen) atoms. The predicted octanol–water partition coefficient (Wildman–Crippen LogP) is 1.74. The van der Waals surface area contributed by atoms with E-state index < -0.39 is 31.3 Å². The molecular weight excluding hydrogens is 275 g/mol. The van der Waals surface area contributed by atoms with Crippen molar-refractivity contribution in [1.29, 1.82) is 0 Å². The van der Waals surface area contributed by atoms with E-state index in [2.05, 4.69) is 0 Å². The molecule has 1 saturated heterocycles. The molecule has 0 radical (unpaired) electrons. The van der Waals surface area contributed by atoms with Gasteiger partial charge in [0.1, 0.15) is 0 Å². The molecule has 0 saturated carbocycles. The van der Waals surface area contributed by atoms with Crippen LogP contribution < -0.4 is 0 Å². The molecule has 0 aliphatic carbocycles. The Morgan fingerprint density at radius 3 is 1.81 bits per heavy atom. The third kappa shape index (κ3) is 5.51. The van der Waals surface area contributed by atoms with Crippen molar-refractivity contribution in [3.05, 3.63) is 12.2 Å². The summed E-state index contributed by atoms with van der Waals surface area (Å²) in [5.41, 5.74) is 0. The Hall–Kier alpha value is -1.34. The third-order valence-electron chi connectivity index (χ3n) is 2.60. The maximum Gasteiger partial charge on any atom is 0.462 e. The van der Waals surface area contributed by atoms with Gasteiger partial charge >= 0.3 is 19.1 Å². The van der Waals surface area contributed by atoms with Crippen molar-refractivity contribution in [2.45, 2.75) is 65.4 Å². The van der Waals surface area contributed by atoms with Crippen molar-refractivity contribution in [3.8, 4) is 0 Å². The second-order valence-electron chi connectivity index (χ2n) is 5.32. The summed E-state index contributed by atoms with van der Waals surface area (Å²) in [6, 6.07) is 0. The van der Waals surface area contributed by atoms with Crippen LogP contribution in [0.4, 0.5) is 0 Å². The molecule has 0 N–H and O–H groups in total. The van der Waals surface area contributed by atoms with Gasteiger partial charge in [0.25, 0.3) is 0 Å². The number of carbonyl (C=O) groups is 2. The third-order valence-corrected chi connectivity index (χ3v) is 2.60. The van der Waals surface area contributed by atoms with Crippen molar-refractivity contribution in [2.24, 2.45) is 0 Å². The van der Waals surface area contributed by atoms with Gasteiger partial charge in [-0.15, -0.1) is 0 Å². The van der Waals surface area contributed by atoms with Crippen molar-refractivity contribution in [2.75, 3.05) is 0 Å². The van der Waals surface area contributed by atoms with Crippen LogP contribution in [-0.4, -0.2) is 43.5 Å². The molecule has 0 aromatic heterocycles. The summed E-state index contributed by atoms with van der Waals surface area (Å²) < 4.78 is 21.2. The van der Waals surface area contributed by atoms with Gasteiger partial charge in [-0.3, -0.25) is 0 Å². The molecule has 1 aliphatic heterocycles. The number of hydrogen-bond donors (Lipinski definition) is 0. The van der Waals surface area contributed by atoms with Crippen molar-refractivity contribution < 1.29 is 28.4 Å². The number of ether oxygens (including phenoxy) is 2. The van der Waals surface area contributed by atoms with Gasteiger partial charge in [-0.25, -0.2) is 9.59 Å². The quantitative estimate of drug-likeness (QED) is 0.422. The maximum absolute atomic E-state index is 12.0. The van der Waals surface area contributed by atoms with Crippen LogP contribution >= 0.6 is 0 Å². The minimum atomic E-state index is -1.09. The fourth-order valence-electron chi connectivity index (χ4n) is 1.82. The first-order chi connectivity index (χ1) is 9.85. The van der Waals surface area contributed by atoms with Crippen LogP contribution in [0.5, 0.6) is 0 Å². The van der Waals surface area contributed by atoms with Crippen molar-refractivity contribution >= 4 is 19.1 Å². The lowest BCUT2D eigenvalue weighted by atomic mass is 9.85. The molecule has 7 heteroatoms. The first kappa shape index (κ1) is 17.7. The lowest BCUT2D eigenvalue weighted by Crippen LogP contribution is -2.40. The molecule has 1 heterocycles. The summed E-state index contributed by atoms with van der Waals surface area (Å²) in [5.74, 6) is -1.22. The highest BCUT2D eigenvalue weighted by Gasteiger charge is 2.48. The molecule has 0 amide bonds. The zero-order valence-electron chi connectivity index (χ0n) is 13.2. The van der Waals surface area contributed by atoms with E-state index in [0.29, 0.717) is 6.32 Å². The minimum Gasteiger partial charge on any atom is -0.461 e. The van der Waals surface area contributed by atoms with Crippen LogP contribution in [0.1, 0.15) is 34.6 Å². The zero-order valence-corrected chi connectivity index (χ0v) is 13.2. The molecule has 0 bridgehead atoms. The first-order valence-electron chi connectivity index (χ1n) is 7.18. The second kappa shape index (κ2) is 8.19. The predicted molar refractivity (Wildman–Crippen MR) is 77.6 cm³/mol. The van der Waals surface area contributed by atoms with E-state index >= 15 is 0 Å². The highest BCUT2D eigenvalue weighted by molar-refractivity contribution is 6.46. The van der Waals surface area contributed by atoms with E-state index in [0.717, 1.165) is 0 Å². The Labute approximate surface area is 125 Å². The molecule has 0 aromatic carbocycles. The van der Waals surface area contributed by atoms with Crippen LogP contribution in [0.15, 0.2) is 12.2 Å². The lowest BCUT2D eigenvalue weighted by Gasteiger charge is -2.18. The summed E-state index contributed by atoms with van der Waals surface area (Å²) in [5, 5.41) is 0. The normalized spacial score (nSPS) is 22.3. The molecular formula is C14H23BO6. The van der Waals surface area contributed by atoms with E-state index in [1.54, 1.807) is 27.7 Å². The molecule has 1 aliphatic rings. The Morgan fingerprint density at radius 2 is 1.48 bits per heavy atom. The summed E-state index contributed by atoms with van der Waals surface area (Å²) in [4.78, 5) is 24.0. The maximum atomic E-state index is 12.0. The largest absolute Gasteiger partial charge is 0.462 e. The second-order valence-corrected chi connectivity index (χ2v) is 5.32. The van der Waals surface area contributed by atoms with Gasteiger partial charge in [-0.1, -0.05) is 12.2 Å². The van der Waals surface area contributed by atoms with Crippen molar-refractivity contribution in [1.82, 2.24) is 0 Å². The van der Waals surface area contributed by atoms with Crippen LogP contribution in [-0.2, 0) is 28.4 Å². The Bertz CT molecular complexity index is 363. The van der Waals surface area contributed by atoms with Crippen LogP contribution in [0.3, 0.4) is 0 Å². The first-order valence-corrected chi connectivity index (χ1v) is 7.18. The number of rotatable bonds is 6. The van der Waals surface area contributed by atoms with Gasteiger partial charge in [-0.2, -0.15) is 0 Å². The van der Waals surface area contributed by atoms with Gasteiger partial charge in [0.2, 0.25) is 0 Å². The molecule has 118 valence electrons. The van der Waals surface area contributed by atoms with Gasteiger partial charge in [0, 0.05) is 6.32 Å². The molecule has 0 aromatic rings. The molecule has 1 fully saturated rings.